The number of hydrogen-bond acceptors (Lipinski definition) is 11. The van der Waals surface area contributed by atoms with Crippen molar-refractivity contribution in [2.24, 2.45) is 5.41 Å². The van der Waals surface area contributed by atoms with Gasteiger partial charge in [0, 0.05) is 58.1 Å². The predicted molar refractivity (Wildman–Crippen MR) is 273 cm³/mol. The van der Waals surface area contributed by atoms with Crippen molar-refractivity contribution in [1.29, 1.82) is 0 Å². The molecule has 4 aromatic carbocycles. The van der Waals surface area contributed by atoms with Crippen LogP contribution in [0.3, 0.4) is 0 Å². The molecule has 0 aliphatic carbocycles. The molecule has 7 rings (SSSR count). The van der Waals surface area contributed by atoms with Gasteiger partial charge in [0.2, 0.25) is 23.6 Å². The fourth-order valence-electron chi connectivity index (χ4n) is 8.83. The Hall–Kier alpha value is -6.10. The monoisotopic (exact) mass is 990 g/mol. The highest BCUT2D eigenvalue weighted by Crippen LogP contribution is 2.36. The number of aryl methyl sites for hydroxylation is 1. The lowest BCUT2D eigenvalue weighted by molar-refractivity contribution is -0.145. The molecule has 0 bridgehead atoms. The third kappa shape index (κ3) is 13.6. The topological polar surface area (TPSA) is 174 Å². The van der Waals surface area contributed by atoms with Crippen LogP contribution in [0.25, 0.3) is 21.6 Å². The molecule has 3 heterocycles. The summed E-state index contributed by atoms with van der Waals surface area (Å²) in [6, 6.07) is 31.3. The first kappa shape index (κ1) is 51.7. The molecule has 1 unspecified atom stereocenters. The van der Waals surface area contributed by atoms with Gasteiger partial charge in [0.25, 0.3) is 0 Å². The average Bonchev–Trinajstić information content (AvgIpc) is 3.98. The number of aliphatic hydroxyl groups excluding tert-OH is 1. The van der Waals surface area contributed by atoms with Gasteiger partial charge < -0.3 is 40.1 Å². The number of nitrogens with one attached hydrogen (secondary N) is 2. The molecule has 2 aliphatic rings. The third-order valence-corrected chi connectivity index (χ3v) is 13.8. The molecule has 0 saturated carbocycles. The summed E-state index contributed by atoms with van der Waals surface area (Å²) in [5.41, 5.74) is 9.14. The van der Waals surface area contributed by atoms with Gasteiger partial charge in [-0.3, -0.25) is 24.1 Å². The number of thiazole rings is 1. The van der Waals surface area contributed by atoms with E-state index >= 15 is 0 Å². The van der Waals surface area contributed by atoms with Crippen molar-refractivity contribution in [3.63, 3.8) is 0 Å². The number of allylic oxidation sites excluding steroid dienone is 1. The Kier molecular flexibility index (Phi) is 17.9. The molecule has 4 amide bonds. The summed E-state index contributed by atoms with van der Waals surface area (Å²) in [6.07, 6.45) is -0.163. The molecule has 4 N–H and O–H groups in total. The van der Waals surface area contributed by atoms with E-state index in [0.717, 1.165) is 55.3 Å². The molecule has 70 heavy (non-hydrogen) atoms. The second kappa shape index (κ2) is 24.1. The van der Waals surface area contributed by atoms with E-state index in [1.54, 1.807) is 28.4 Å². The van der Waals surface area contributed by atoms with E-state index in [1.807, 2.05) is 112 Å². The molecule has 2 fully saturated rings. The highest BCUT2D eigenvalue weighted by atomic mass is 35.5. The number of alkyl halides is 1. The van der Waals surface area contributed by atoms with Crippen LogP contribution in [0.15, 0.2) is 109 Å². The average molecular weight is 992 g/mol. The number of aromatic hydroxyl groups is 1. The molecule has 0 radical (unpaired) electrons. The number of likely N-dealkylation sites (tertiary alicyclic amines) is 1. The van der Waals surface area contributed by atoms with Gasteiger partial charge in [-0.15, -0.1) is 22.9 Å². The van der Waals surface area contributed by atoms with Crippen molar-refractivity contribution in [1.82, 2.24) is 30.3 Å². The number of hydrogen-bond donors (Lipinski definition) is 4. The number of rotatable bonds is 19. The van der Waals surface area contributed by atoms with E-state index < -0.39 is 47.9 Å². The van der Waals surface area contributed by atoms with Gasteiger partial charge in [0.05, 0.1) is 22.2 Å². The molecule has 2 saturated heterocycles. The summed E-state index contributed by atoms with van der Waals surface area (Å²) in [5, 5.41) is 26.3. The lowest BCUT2D eigenvalue weighted by Crippen LogP contribution is -2.58. The standard InChI is InChI=1S/C54H63ClN6O8S/c1-36-50(70-35-57-36)41-12-10-37(11-13-41)31-56-52(66)46-30-43(63)32-61(46)53(67)51(54(2,3)4)58-47(64)33-68-34-48(65)60-26-24-59(25-27-60)28-29-69-44-20-16-40(17-21-44)49(39-14-18-42(62)19-15-39)45(22-23-55)38-8-6-5-7-9-38/h5-21,35,43,46,51,62-63H,22-34H2,1-4H3,(H,56,66)(H,58,64)/t43-,46+,51?/m1/s1. The molecule has 5 aromatic rings. The van der Waals surface area contributed by atoms with E-state index in [-0.39, 0.29) is 37.8 Å². The normalized spacial score (nSPS) is 17.2. The number of benzene rings is 4. The van der Waals surface area contributed by atoms with Crippen LogP contribution in [-0.2, 0) is 30.5 Å². The maximum absolute atomic E-state index is 14.1. The molecule has 3 atom stereocenters. The minimum atomic E-state index is -1.03. The van der Waals surface area contributed by atoms with Gasteiger partial charge in [0.1, 0.15) is 43.4 Å². The lowest BCUT2D eigenvalue weighted by atomic mass is 9.85. The smallest absolute Gasteiger partial charge is 0.248 e. The fraction of sp³-hybridized carbons (Fsp3) is 0.389. The van der Waals surface area contributed by atoms with Crippen LogP contribution in [0.2, 0.25) is 0 Å². The van der Waals surface area contributed by atoms with Gasteiger partial charge in [-0.25, -0.2) is 4.98 Å². The van der Waals surface area contributed by atoms with Crippen LogP contribution in [0.5, 0.6) is 11.5 Å². The van der Waals surface area contributed by atoms with Crippen molar-refractivity contribution in [2.75, 3.05) is 65.0 Å². The molecule has 1 aromatic heterocycles. The summed E-state index contributed by atoms with van der Waals surface area (Å²) < 4.78 is 11.7. The van der Waals surface area contributed by atoms with Crippen LogP contribution in [0.1, 0.15) is 61.6 Å². The molecule has 14 nitrogen and oxygen atoms in total. The molecular formula is C54H63ClN6O8S. The van der Waals surface area contributed by atoms with E-state index in [0.29, 0.717) is 51.6 Å². The van der Waals surface area contributed by atoms with Crippen molar-refractivity contribution >= 4 is 57.7 Å². The summed E-state index contributed by atoms with van der Waals surface area (Å²) in [5.74, 6) is -0.294. The number of β-amino-alcohol motifs (C(OH)–C–C–N with tert-alkyl or cyclic N) is 1. The Morgan fingerprint density at radius 2 is 1.54 bits per heavy atom. The van der Waals surface area contributed by atoms with E-state index in [4.69, 9.17) is 21.1 Å². The zero-order valence-corrected chi connectivity index (χ0v) is 41.8. The quantitative estimate of drug-likeness (QED) is 0.0512. The Bertz CT molecular complexity index is 2580. The second-order valence-electron chi connectivity index (χ2n) is 18.7. The highest BCUT2D eigenvalue weighted by Gasteiger charge is 2.44. The van der Waals surface area contributed by atoms with Gasteiger partial charge in [-0.2, -0.15) is 0 Å². The first-order chi connectivity index (χ1) is 33.7. The Morgan fingerprint density at radius 3 is 2.17 bits per heavy atom. The number of aromatic nitrogens is 1. The number of carbonyl (C=O) groups excluding carboxylic acids is 4. The lowest BCUT2D eigenvalue weighted by Gasteiger charge is -2.35. The predicted octanol–water partition coefficient (Wildman–Crippen LogP) is 6.76. The SMILES string of the molecule is Cc1ncsc1-c1ccc(CNC(=O)[C@@H]2C[C@@H](O)CN2C(=O)C(NC(=O)COCC(=O)N2CCN(CCOc3ccc(C(=C(CCCl)c4ccccc4)c4ccc(O)cc4)cc3)CC2)C(C)(C)C)cc1. The molecular weight excluding hydrogens is 928 g/mol. The molecule has 370 valence electrons. The van der Waals surface area contributed by atoms with Crippen LogP contribution >= 0.6 is 22.9 Å². The number of aliphatic hydroxyl groups is 1. The summed E-state index contributed by atoms with van der Waals surface area (Å²) in [7, 11) is 0. The van der Waals surface area contributed by atoms with E-state index in [2.05, 4.69) is 32.7 Å². The van der Waals surface area contributed by atoms with E-state index in [9.17, 15) is 29.4 Å². The first-order valence-electron chi connectivity index (χ1n) is 23.7. The Morgan fingerprint density at radius 1 is 0.871 bits per heavy atom. The van der Waals surface area contributed by atoms with Crippen LogP contribution in [0.4, 0.5) is 0 Å². The molecule has 16 heteroatoms. The van der Waals surface area contributed by atoms with Crippen LogP contribution in [0, 0.1) is 12.3 Å². The third-order valence-electron chi connectivity index (χ3n) is 12.6. The van der Waals surface area contributed by atoms with Crippen molar-refractivity contribution in [3.05, 3.63) is 137 Å². The summed E-state index contributed by atoms with van der Waals surface area (Å²) in [4.78, 5) is 64.5. The summed E-state index contributed by atoms with van der Waals surface area (Å²) in [6.45, 7) is 10.3. The van der Waals surface area contributed by atoms with Crippen molar-refractivity contribution in [3.8, 4) is 21.9 Å². The van der Waals surface area contributed by atoms with E-state index in [1.165, 1.54) is 4.90 Å². The minimum Gasteiger partial charge on any atom is -0.508 e. The highest BCUT2D eigenvalue weighted by molar-refractivity contribution is 7.13. The number of piperazine rings is 1. The number of nitrogens with zero attached hydrogens (tertiary/aromatic N) is 4. The zero-order valence-electron chi connectivity index (χ0n) is 40.2. The van der Waals surface area contributed by atoms with Crippen molar-refractivity contribution < 1.29 is 38.9 Å². The Labute approximate surface area is 419 Å². The maximum Gasteiger partial charge on any atom is 0.248 e. The molecule has 2 aliphatic heterocycles. The van der Waals surface area contributed by atoms with Crippen LogP contribution < -0.4 is 15.4 Å². The number of halogens is 1. The number of carbonyl (C=O) groups is 4. The first-order valence-corrected chi connectivity index (χ1v) is 25.1. The largest absolute Gasteiger partial charge is 0.508 e. The van der Waals surface area contributed by atoms with Gasteiger partial charge in [-0.05, 0) is 82.0 Å². The van der Waals surface area contributed by atoms with Gasteiger partial charge >= 0.3 is 0 Å². The fourth-order valence-corrected chi connectivity index (χ4v) is 9.83. The second-order valence-corrected chi connectivity index (χ2v) is 20.0. The summed E-state index contributed by atoms with van der Waals surface area (Å²) >= 11 is 7.89. The Balaban J connectivity index is 0.839. The molecule has 0 spiro atoms. The zero-order chi connectivity index (χ0) is 49.8. The van der Waals surface area contributed by atoms with Crippen LogP contribution in [-0.4, -0.2) is 137 Å². The van der Waals surface area contributed by atoms with Gasteiger partial charge in [-0.1, -0.05) is 99.6 Å². The van der Waals surface area contributed by atoms with Gasteiger partial charge in [0.15, 0.2) is 0 Å². The number of ether oxygens (including phenoxy) is 2. The number of phenolic OH excluding ortho intramolecular Hbond substituents is 1. The number of phenols is 1. The number of amides is 4. The van der Waals surface area contributed by atoms with Crippen molar-refractivity contribution in [2.45, 2.75) is 65.3 Å². The minimum absolute atomic E-state index is 0.0451. The maximum atomic E-state index is 14.1.